The van der Waals surface area contributed by atoms with E-state index in [9.17, 15) is 14.7 Å². The van der Waals surface area contributed by atoms with E-state index < -0.39 is 11.9 Å². The van der Waals surface area contributed by atoms with Gasteiger partial charge in [-0.3, -0.25) is 9.59 Å². The molecule has 2 atom stereocenters. The minimum atomic E-state index is -0.811. The average Bonchev–Trinajstić information content (AvgIpc) is 3.18. The number of furan rings is 1. The molecule has 2 unspecified atom stereocenters. The zero-order chi connectivity index (χ0) is 17.6. The second kappa shape index (κ2) is 6.21. The van der Waals surface area contributed by atoms with Crippen molar-refractivity contribution < 1.29 is 19.1 Å². The van der Waals surface area contributed by atoms with Gasteiger partial charge in [0.2, 0.25) is 5.91 Å². The van der Waals surface area contributed by atoms with Gasteiger partial charge in [0, 0.05) is 24.0 Å². The zero-order valence-corrected chi connectivity index (χ0v) is 14.5. The fraction of sp³-hybridized carbons (Fsp3) is 0.500. The standard InChI is InChI=1S/C20H23NO4/c1-12-5-15(20(23)24)10-21(9-12)19(22)8-16-11-25-18-7-14-4-2-3-13(14)6-17(16)18/h6-7,11-12,15H,2-5,8-10H2,1H3,(H,23,24). The van der Waals surface area contributed by atoms with Crippen molar-refractivity contribution in [1.29, 1.82) is 0 Å². The maximum absolute atomic E-state index is 12.7. The number of fused-ring (bicyclic) bond motifs is 2. The van der Waals surface area contributed by atoms with Crippen LogP contribution in [-0.2, 0) is 28.9 Å². The third-order valence-corrected chi connectivity index (χ3v) is 5.57. The first-order valence-corrected chi connectivity index (χ1v) is 9.03. The first kappa shape index (κ1) is 16.2. The summed E-state index contributed by atoms with van der Waals surface area (Å²) in [5.74, 6) is -1.07. The van der Waals surface area contributed by atoms with Crippen LogP contribution in [0.15, 0.2) is 22.8 Å². The number of aliphatic carboxylic acids is 1. The Hall–Kier alpha value is -2.30. The number of carboxylic acid groups (broad SMARTS) is 1. The van der Waals surface area contributed by atoms with Crippen molar-refractivity contribution in [3.05, 3.63) is 35.1 Å². The molecular formula is C20H23NO4. The molecular weight excluding hydrogens is 318 g/mol. The van der Waals surface area contributed by atoms with Crippen molar-refractivity contribution in [1.82, 2.24) is 4.90 Å². The van der Waals surface area contributed by atoms with E-state index in [1.807, 2.05) is 6.92 Å². The summed E-state index contributed by atoms with van der Waals surface area (Å²) in [4.78, 5) is 25.8. The van der Waals surface area contributed by atoms with E-state index in [1.54, 1.807) is 11.2 Å². The molecule has 5 nitrogen and oxygen atoms in total. The number of carboxylic acids is 1. The molecule has 4 rings (SSSR count). The molecule has 1 aromatic carbocycles. The Morgan fingerprint density at radius 2 is 2.00 bits per heavy atom. The van der Waals surface area contributed by atoms with E-state index in [0.717, 1.165) is 29.4 Å². The molecule has 1 aliphatic carbocycles. The van der Waals surface area contributed by atoms with Gasteiger partial charge >= 0.3 is 5.97 Å². The van der Waals surface area contributed by atoms with Gasteiger partial charge in [0.15, 0.2) is 0 Å². The average molecular weight is 341 g/mol. The number of hydrogen-bond acceptors (Lipinski definition) is 3. The number of benzene rings is 1. The number of aryl methyl sites for hydroxylation is 2. The van der Waals surface area contributed by atoms with Crippen LogP contribution in [0, 0.1) is 11.8 Å². The van der Waals surface area contributed by atoms with E-state index >= 15 is 0 Å². The second-order valence-electron chi connectivity index (χ2n) is 7.58. The lowest BCUT2D eigenvalue weighted by Gasteiger charge is -2.34. The minimum Gasteiger partial charge on any atom is -0.481 e. The van der Waals surface area contributed by atoms with Crippen molar-refractivity contribution in [3.8, 4) is 0 Å². The van der Waals surface area contributed by atoms with E-state index in [4.69, 9.17) is 4.42 Å². The zero-order valence-electron chi connectivity index (χ0n) is 14.5. The van der Waals surface area contributed by atoms with Gasteiger partial charge in [-0.1, -0.05) is 6.92 Å². The Kier molecular flexibility index (Phi) is 4.02. The highest BCUT2D eigenvalue weighted by molar-refractivity contribution is 5.89. The van der Waals surface area contributed by atoms with E-state index in [2.05, 4.69) is 12.1 Å². The van der Waals surface area contributed by atoms with Gasteiger partial charge in [-0.25, -0.2) is 0 Å². The molecule has 0 spiro atoms. The largest absolute Gasteiger partial charge is 0.481 e. The SMILES string of the molecule is CC1CC(C(=O)O)CN(C(=O)Cc2coc3cc4c(cc23)CCC4)C1. The lowest BCUT2D eigenvalue weighted by atomic mass is 9.90. The van der Waals surface area contributed by atoms with Crippen LogP contribution >= 0.6 is 0 Å². The van der Waals surface area contributed by atoms with Crippen molar-refractivity contribution in [3.63, 3.8) is 0 Å². The number of carbonyl (C=O) groups excluding carboxylic acids is 1. The Balaban J connectivity index is 1.54. The van der Waals surface area contributed by atoms with Crippen LogP contribution in [0.1, 0.15) is 36.5 Å². The van der Waals surface area contributed by atoms with E-state index in [1.165, 1.54) is 17.5 Å². The maximum atomic E-state index is 12.7. The minimum absolute atomic E-state index is 0.0130. The van der Waals surface area contributed by atoms with Gasteiger partial charge < -0.3 is 14.4 Å². The van der Waals surface area contributed by atoms with Crippen molar-refractivity contribution in [2.24, 2.45) is 11.8 Å². The van der Waals surface area contributed by atoms with Crippen molar-refractivity contribution in [2.45, 2.75) is 39.0 Å². The molecule has 132 valence electrons. The molecule has 1 amide bonds. The lowest BCUT2D eigenvalue weighted by Crippen LogP contribution is -2.46. The number of hydrogen-bond donors (Lipinski definition) is 1. The highest BCUT2D eigenvalue weighted by Crippen LogP contribution is 2.31. The summed E-state index contributed by atoms with van der Waals surface area (Å²) >= 11 is 0. The fourth-order valence-electron chi connectivity index (χ4n) is 4.29. The monoisotopic (exact) mass is 341 g/mol. The summed E-state index contributed by atoms with van der Waals surface area (Å²) in [6.07, 6.45) is 5.96. The Labute approximate surface area is 146 Å². The molecule has 1 N–H and O–H groups in total. The van der Waals surface area contributed by atoms with Gasteiger partial charge in [-0.15, -0.1) is 0 Å². The van der Waals surface area contributed by atoms with Gasteiger partial charge in [0.05, 0.1) is 18.6 Å². The molecule has 2 heterocycles. The number of nitrogens with zero attached hydrogens (tertiary/aromatic N) is 1. The quantitative estimate of drug-likeness (QED) is 0.931. The third-order valence-electron chi connectivity index (χ3n) is 5.57. The topological polar surface area (TPSA) is 70.8 Å². The second-order valence-corrected chi connectivity index (χ2v) is 7.58. The van der Waals surface area contributed by atoms with Crippen molar-refractivity contribution in [2.75, 3.05) is 13.1 Å². The van der Waals surface area contributed by atoms with Crippen LogP contribution < -0.4 is 0 Å². The van der Waals surface area contributed by atoms with Crippen LogP contribution in [0.2, 0.25) is 0 Å². The number of carbonyl (C=O) groups is 2. The molecule has 2 aliphatic rings. The molecule has 1 fully saturated rings. The first-order valence-electron chi connectivity index (χ1n) is 9.03. The van der Waals surface area contributed by atoms with Crippen molar-refractivity contribution >= 4 is 22.8 Å². The van der Waals surface area contributed by atoms with Crippen LogP contribution in [-0.4, -0.2) is 35.0 Å². The lowest BCUT2D eigenvalue weighted by molar-refractivity contribution is -0.146. The molecule has 2 aromatic rings. The van der Waals surface area contributed by atoms with Crippen LogP contribution in [0.3, 0.4) is 0 Å². The number of amides is 1. The summed E-state index contributed by atoms with van der Waals surface area (Å²) in [5, 5.41) is 10.3. The van der Waals surface area contributed by atoms with Gasteiger partial charge in [-0.05, 0) is 54.9 Å². The van der Waals surface area contributed by atoms with Gasteiger partial charge in [0.25, 0.3) is 0 Å². The summed E-state index contributed by atoms with van der Waals surface area (Å²) in [6.45, 7) is 2.95. The van der Waals surface area contributed by atoms with Crippen LogP contribution in [0.25, 0.3) is 11.0 Å². The predicted molar refractivity (Wildman–Crippen MR) is 93.4 cm³/mol. The summed E-state index contributed by atoms with van der Waals surface area (Å²) in [7, 11) is 0. The van der Waals surface area contributed by atoms with E-state index in [0.29, 0.717) is 19.5 Å². The smallest absolute Gasteiger partial charge is 0.308 e. The van der Waals surface area contributed by atoms with Gasteiger partial charge in [0.1, 0.15) is 5.58 Å². The molecule has 0 radical (unpaired) electrons. The van der Waals surface area contributed by atoms with Crippen LogP contribution in [0.5, 0.6) is 0 Å². The predicted octanol–water partition coefficient (Wildman–Crippen LogP) is 3.03. The highest BCUT2D eigenvalue weighted by Gasteiger charge is 2.32. The molecule has 0 bridgehead atoms. The molecule has 1 aliphatic heterocycles. The summed E-state index contributed by atoms with van der Waals surface area (Å²) in [5.41, 5.74) is 4.47. The highest BCUT2D eigenvalue weighted by atomic mass is 16.4. The molecule has 0 saturated carbocycles. The number of piperidine rings is 1. The first-order chi connectivity index (χ1) is 12.0. The van der Waals surface area contributed by atoms with Gasteiger partial charge in [-0.2, -0.15) is 0 Å². The number of likely N-dealkylation sites (tertiary alicyclic amines) is 1. The molecule has 5 heteroatoms. The third kappa shape index (κ3) is 3.03. The molecule has 25 heavy (non-hydrogen) atoms. The molecule has 1 aromatic heterocycles. The normalized spacial score (nSPS) is 23.0. The number of rotatable bonds is 3. The Morgan fingerprint density at radius 1 is 1.24 bits per heavy atom. The van der Waals surface area contributed by atoms with E-state index in [-0.39, 0.29) is 18.2 Å². The summed E-state index contributed by atoms with van der Waals surface area (Å²) in [6, 6.07) is 4.28. The Bertz CT molecular complexity index is 838. The maximum Gasteiger partial charge on any atom is 0.308 e. The Morgan fingerprint density at radius 3 is 2.76 bits per heavy atom. The van der Waals surface area contributed by atoms with Crippen LogP contribution in [0.4, 0.5) is 0 Å². The summed E-state index contributed by atoms with van der Waals surface area (Å²) < 4.78 is 5.68. The fourth-order valence-corrected chi connectivity index (χ4v) is 4.29. The molecule has 1 saturated heterocycles.